The molecule has 0 saturated heterocycles. The first-order valence-corrected chi connectivity index (χ1v) is 7.55. The van der Waals surface area contributed by atoms with E-state index in [1.807, 2.05) is 24.3 Å². The van der Waals surface area contributed by atoms with E-state index in [1.54, 1.807) is 7.05 Å². The summed E-state index contributed by atoms with van der Waals surface area (Å²) in [5.74, 6) is -0.313. The molecule has 7 heteroatoms. The molecule has 2 heterocycles. The van der Waals surface area contributed by atoms with E-state index in [1.165, 1.54) is 11.6 Å². The number of hydrogen-bond donors (Lipinski definition) is 1. The van der Waals surface area contributed by atoms with E-state index < -0.39 is 5.69 Å². The van der Waals surface area contributed by atoms with Crippen molar-refractivity contribution >= 4 is 27.7 Å². The van der Waals surface area contributed by atoms with Gasteiger partial charge in [-0.2, -0.15) is 0 Å². The fraction of sp³-hybridized carbons (Fsp3) is 0.267. The van der Waals surface area contributed by atoms with Crippen molar-refractivity contribution in [1.82, 2.24) is 9.13 Å². The van der Waals surface area contributed by atoms with Crippen LogP contribution in [0, 0.1) is 0 Å². The van der Waals surface area contributed by atoms with E-state index >= 15 is 0 Å². The first kappa shape index (κ1) is 14.8. The third kappa shape index (κ3) is 2.12. The second-order valence-corrected chi connectivity index (χ2v) is 6.15. The maximum Gasteiger partial charge on any atom is 0.332 e. The van der Waals surface area contributed by atoms with Crippen LogP contribution in [0.3, 0.4) is 0 Å². The molecule has 1 atom stereocenters. The molecule has 0 radical (unpaired) electrons. The maximum atomic E-state index is 12.6. The van der Waals surface area contributed by atoms with Gasteiger partial charge in [0.1, 0.15) is 5.82 Å². The van der Waals surface area contributed by atoms with Crippen LogP contribution in [-0.2, 0) is 18.9 Å². The van der Waals surface area contributed by atoms with Gasteiger partial charge in [0.15, 0.2) is 0 Å². The Balaban J connectivity index is 2.36. The minimum Gasteiger partial charge on any atom is -0.312 e. The lowest BCUT2D eigenvalue weighted by molar-refractivity contribution is -0.116. The van der Waals surface area contributed by atoms with Gasteiger partial charge in [0.25, 0.3) is 5.56 Å². The smallest absolute Gasteiger partial charge is 0.312 e. The Morgan fingerprint density at radius 2 is 1.82 bits per heavy atom. The summed E-state index contributed by atoms with van der Waals surface area (Å²) in [5.41, 5.74) is 0.459. The number of amides is 1. The number of fused-ring (bicyclic) bond motifs is 1. The number of halogens is 1. The average Bonchev–Trinajstić information content (AvgIpc) is 2.50. The zero-order valence-electron chi connectivity index (χ0n) is 12.1. The Kier molecular flexibility index (Phi) is 3.52. The molecule has 1 N–H and O–H groups in total. The molecule has 0 saturated carbocycles. The maximum absolute atomic E-state index is 12.6. The van der Waals surface area contributed by atoms with Gasteiger partial charge in [-0.15, -0.1) is 0 Å². The summed E-state index contributed by atoms with van der Waals surface area (Å²) in [4.78, 5) is 36.6. The van der Waals surface area contributed by atoms with Gasteiger partial charge in [-0.05, 0) is 11.6 Å². The summed E-state index contributed by atoms with van der Waals surface area (Å²) in [5, 5.41) is 2.65. The molecule has 22 heavy (non-hydrogen) atoms. The number of carbonyl (C=O) groups is 1. The van der Waals surface area contributed by atoms with Gasteiger partial charge < -0.3 is 5.32 Å². The minimum atomic E-state index is -0.461. The molecule has 2 aromatic rings. The number of anilines is 1. The molecule has 1 aliphatic heterocycles. The first-order valence-electron chi connectivity index (χ1n) is 6.76. The summed E-state index contributed by atoms with van der Waals surface area (Å²) in [6, 6.07) is 7.48. The molecule has 6 nitrogen and oxygen atoms in total. The normalized spacial score (nSPS) is 17.0. The predicted molar refractivity (Wildman–Crippen MR) is 86.2 cm³/mol. The number of aromatic nitrogens is 2. The zero-order chi connectivity index (χ0) is 16.0. The summed E-state index contributed by atoms with van der Waals surface area (Å²) in [6.07, 6.45) is 0.170. The van der Waals surface area contributed by atoms with Crippen molar-refractivity contribution in [2.75, 3.05) is 5.32 Å². The van der Waals surface area contributed by atoms with Crippen molar-refractivity contribution in [3.05, 3.63) is 60.7 Å². The summed E-state index contributed by atoms with van der Waals surface area (Å²) in [7, 11) is 2.99. The van der Waals surface area contributed by atoms with Crippen LogP contribution in [0.25, 0.3) is 0 Å². The van der Waals surface area contributed by atoms with Crippen molar-refractivity contribution in [1.29, 1.82) is 0 Å². The number of nitrogens with one attached hydrogen (secondary N) is 1. The Hall–Kier alpha value is -2.15. The number of carbonyl (C=O) groups excluding carboxylic acids is 1. The van der Waals surface area contributed by atoms with E-state index in [-0.39, 0.29) is 29.6 Å². The van der Waals surface area contributed by atoms with Gasteiger partial charge in [0.2, 0.25) is 5.91 Å². The van der Waals surface area contributed by atoms with Gasteiger partial charge in [0.05, 0.1) is 5.56 Å². The second kappa shape index (κ2) is 5.24. The lowest BCUT2D eigenvalue weighted by Crippen LogP contribution is -2.44. The van der Waals surface area contributed by atoms with Crippen LogP contribution in [0.5, 0.6) is 0 Å². The lowest BCUT2D eigenvalue weighted by atomic mass is 9.87. The second-order valence-electron chi connectivity index (χ2n) is 5.29. The van der Waals surface area contributed by atoms with Crippen LogP contribution < -0.4 is 16.6 Å². The molecular formula is C15H14BrN3O3. The minimum absolute atomic E-state index is 0.170. The van der Waals surface area contributed by atoms with Crippen LogP contribution in [0.15, 0.2) is 38.3 Å². The fourth-order valence-electron chi connectivity index (χ4n) is 2.83. The molecular weight excluding hydrogens is 350 g/mol. The SMILES string of the molecule is Cn1c2c(c(=O)n(C)c1=O)[C@H](c1ccccc1Br)CC(=O)N2. The van der Waals surface area contributed by atoms with Gasteiger partial charge in [0, 0.05) is 30.9 Å². The van der Waals surface area contributed by atoms with E-state index in [2.05, 4.69) is 21.2 Å². The summed E-state index contributed by atoms with van der Waals surface area (Å²) < 4.78 is 3.20. The van der Waals surface area contributed by atoms with E-state index in [9.17, 15) is 14.4 Å². The molecule has 0 spiro atoms. The van der Waals surface area contributed by atoms with E-state index in [4.69, 9.17) is 0 Å². The Labute approximate surface area is 134 Å². The Morgan fingerprint density at radius 3 is 2.50 bits per heavy atom. The monoisotopic (exact) mass is 363 g/mol. The van der Waals surface area contributed by atoms with Crippen molar-refractivity contribution in [2.24, 2.45) is 14.1 Å². The highest BCUT2D eigenvalue weighted by Crippen LogP contribution is 2.37. The highest BCUT2D eigenvalue weighted by atomic mass is 79.9. The van der Waals surface area contributed by atoms with Crippen LogP contribution in [-0.4, -0.2) is 15.0 Å². The zero-order valence-corrected chi connectivity index (χ0v) is 13.7. The third-order valence-corrected chi connectivity index (χ3v) is 4.70. The molecule has 114 valence electrons. The van der Waals surface area contributed by atoms with Crippen molar-refractivity contribution in [3.8, 4) is 0 Å². The summed E-state index contributed by atoms with van der Waals surface area (Å²) in [6.45, 7) is 0. The van der Waals surface area contributed by atoms with Crippen molar-refractivity contribution in [3.63, 3.8) is 0 Å². The molecule has 1 aliphatic rings. The van der Waals surface area contributed by atoms with Gasteiger partial charge >= 0.3 is 5.69 Å². The van der Waals surface area contributed by atoms with Crippen molar-refractivity contribution in [2.45, 2.75) is 12.3 Å². The van der Waals surface area contributed by atoms with Crippen LogP contribution in [0.1, 0.15) is 23.5 Å². The van der Waals surface area contributed by atoms with Gasteiger partial charge in [-0.3, -0.25) is 18.7 Å². The molecule has 1 amide bonds. The molecule has 0 fully saturated rings. The van der Waals surface area contributed by atoms with E-state index in [0.717, 1.165) is 14.6 Å². The molecule has 0 bridgehead atoms. The number of hydrogen-bond acceptors (Lipinski definition) is 3. The Bertz CT molecular complexity index is 898. The Morgan fingerprint density at radius 1 is 1.14 bits per heavy atom. The summed E-state index contributed by atoms with van der Waals surface area (Å²) >= 11 is 3.47. The van der Waals surface area contributed by atoms with Crippen LogP contribution >= 0.6 is 15.9 Å². The number of nitrogens with zero attached hydrogens (tertiary/aromatic N) is 2. The topological polar surface area (TPSA) is 73.1 Å². The largest absolute Gasteiger partial charge is 0.332 e. The lowest BCUT2D eigenvalue weighted by Gasteiger charge is -2.27. The molecule has 0 unspecified atom stereocenters. The average molecular weight is 364 g/mol. The number of rotatable bonds is 1. The highest BCUT2D eigenvalue weighted by Gasteiger charge is 2.33. The fourth-order valence-corrected chi connectivity index (χ4v) is 3.39. The quantitative estimate of drug-likeness (QED) is 0.830. The molecule has 1 aromatic heterocycles. The van der Waals surface area contributed by atoms with Crippen LogP contribution in [0.2, 0.25) is 0 Å². The number of benzene rings is 1. The highest BCUT2D eigenvalue weighted by molar-refractivity contribution is 9.10. The molecule has 3 rings (SSSR count). The van der Waals surface area contributed by atoms with Crippen LogP contribution in [0.4, 0.5) is 5.82 Å². The standard InChI is InChI=1S/C15H14BrN3O3/c1-18-13-12(14(21)19(2)15(18)22)9(7-11(20)17-13)8-5-3-4-6-10(8)16/h3-6,9H,7H2,1-2H3,(H,17,20)/t9-/m0/s1. The third-order valence-electron chi connectivity index (χ3n) is 3.98. The molecule has 1 aromatic carbocycles. The molecule has 0 aliphatic carbocycles. The van der Waals surface area contributed by atoms with Gasteiger partial charge in [-0.1, -0.05) is 34.1 Å². The van der Waals surface area contributed by atoms with Crippen molar-refractivity contribution < 1.29 is 4.79 Å². The van der Waals surface area contributed by atoms with Gasteiger partial charge in [-0.25, -0.2) is 4.79 Å². The first-order chi connectivity index (χ1) is 10.4. The predicted octanol–water partition coefficient (Wildman–Crippen LogP) is 1.32. The van der Waals surface area contributed by atoms with E-state index in [0.29, 0.717) is 5.56 Å².